The van der Waals surface area contributed by atoms with Gasteiger partial charge in [0.1, 0.15) is 0 Å². The van der Waals surface area contributed by atoms with Gasteiger partial charge in [-0.15, -0.1) is 0 Å². The zero-order valence-corrected chi connectivity index (χ0v) is 17.3. The van der Waals surface area contributed by atoms with Gasteiger partial charge in [-0.25, -0.2) is 9.97 Å². The minimum absolute atomic E-state index is 0.0892. The first-order valence-corrected chi connectivity index (χ1v) is 10.8. The van der Waals surface area contributed by atoms with Crippen LogP contribution in [0, 0.1) is 0 Å². The van der Waals surface area contributed by atoms with E-state index in [1.807, 2.05) is 12.1 Å². The second-order valence-corrected chi connectivity index (χ2v) is 8.18. The third kappa shape index (κ3) is 3.97. The second kappa shape index (κ2) is 8.01. The number of thioether (sulfide) groups is 1. The van der Waals surface area contributed by atoms with Crippen molar-refractivity contribution in [2.45, 2.75) is 24.2 Å². The maximum Gasteiger partial charge on any atom is 0.433 e. The van der Waals surface area contributed by atoms with E-state index in [0.717, 1.165) is 17.3 Å². The molecule has 3 aromatic rings. The normalized spacial score (nSPS) is 14.0. The summed E-state index contributed by atoms with van der Waals surface area (Å²) >= 11 is 0.861. The van der Waals surface area contributed by atoms with Gasteiger partial charge < -0.3 is 14.8 Å². The van der Waals surface area contributed by atoms with Crippen molar-refractivity contribution in [2.75, 3.05) is 17.9 Å². The molecule has 1 aliphatic heterocycles. The van der Waals surface area contributed by atoms with Crippen molar-refractivity contribution in [3.63, 3.8) is 0 Å². The third-order valence-electron chi connectivity index (χ3n) is 5.16. The Kier molecular flexibility index (Phi) is 5.16. The Labute approximate surface area is 185 Å². The predicted octanol–water partition coefficient (Wildman–Crippen LogP) is 4.72. The van der Waals surface area contributed by atoms with E-state index in [2.05, 4.69) is 15.3 Å². The first-order valence-electron chi connectivity index (χ1n) is 9.77. The molecule has 5 rings (SSSR count). The van der Waals surface area contributed by atoms with Gasteiger partial charge in [-0.2, -0.15) is 13.2 Å². The lowest BCUT2D eigenvalue weighted by Gasteiger charge is -2.22. The lowest BCUT2D eigenvalue weighted by atomic mass is 9.88. The summed E-state index contributed by atoms with van der Waals surface area (Å²) in [4.78, 5) is 20.5. The number of aromatic nitrogens is 2. The number of carbonyl (C=O) groups excluding carboxylic acids is 1. The summed E-state index contributed by atoms with van der Waals surface area (Å²) in [5.41, 5.74) is 1.57. The van der Waals surface area contributed by atoms with Gasteiger partial charge in [0.2, 0.25) is 12.7 Å². The summed E-state index contributed by atoms with van der Waals surface area (Å²) in [5, 5.41) is 2.60. The van der Waals surface area contributed by atoms with E-state index in [1.54, 1.807) is 30.3 Å². The van der Waals surface area contributed by atoms with E-state index >= 15 is 0 Å². The highest BCUT2D eigenvalue weighted by Gasteiger charge is 2.38. The highest BCUT2D eigenvalue weighted by Crippen LogP contribution is 2.40. The van der Waals surface area contributed by atoms with Crippen molar-refractivity contribution in [1.82, 2.24) is 9.97 Å². The number of hydrogen-bond donors (Lipinski definition) is 1. The molecule has 2 aromatic carbocycles. The smallest absolute Gasteiger partial charge is 0.433 e. The first-order chi connectivity index (χ1) is 15.4. The van der Waals surface area contributed by atoms with E-state index in [4.69, 9.17) is 9.47 Å². The number of aryl methyl sites for hydroxylation is 1. The third-order valence-corrected chi connectivity index (χ3v) is 6.01. The molecular weight excluding hydrogens is 443 g/mol. The molecule has 10 heteroatoms. The summed E-state index contributed by atoms with van der Waals surface area (Å²) in [6, 6.07) is 12.2. The number of anilines is 1. The van der Waals surface area contributed by atoms with E-state index in [9.17, 15) is 18.0 Å². The van der Waals surface area contributed by atoms with Crippen LogP contribution in [0.4, 0.5) is 18.9 Å². The molecule has 1 amide bonds. The molecule has 6 nitrogen and oxygen atoms in total. The molecule has 0 saturated carbocycles. The number of fused-ring (bicyclic) bond motifs is 4. The summed E-state index contributed by atoms with van der Waals surface area (Å²) in [5.74, 6) is 0.553. The fourth-order valence-electron chi connectivity index (χ4n) is 3.75. The molecule has 0 spiro atoms. The standard InChI is InChI=1S/C22H16F3N3O3S/c23-22(24,25)20-15-7-5-12-3-1-2-4-14(12)19(15)27-21(28-20)32-10-18(29)26-13-6-8-16-17(9-13)31-11-30-16/h1-4,6,8-9H,5,7,10-11H2,(H,26,29). The summed E-state index contributed by atoms with van der Waals surface area (Å²) in [7, 11) is 0. The van der Waals surface area contributed by atoms with Gasteiger partial charge in [-0.05, 0) is 30.5 Å². The topological polar surface area (TPSA) is 73.3 Å². The van der Waals surface area contributed by atoms with Gasteiger partial charge in [0, 0.05) is 22.9 Å². The molecule has 164 valence electrons. The number of benzene rings is 2. The molecule has 0 unspecified atom stereocenters. The van der Waals surface area contributed by atoms with Crippen LogP contribution in [0.5, 0.6) is 11.5 Å². The summed E-state index contributed by atoms with van der Waals surface area (Å²) in [6.45, 7) is 0.114. The van der Waals surface area contributed by atoms with Gasteiger partial charge in [-0.1, -0.05) is 36.0 Å². The fourth-order valence-corrected chi connectivity index (χ4v) is 4.40. The largest absolute Gasteiger partial charge is 0.454 e. The van der Waals surface area contributed by atoms with Crippen molar-refractivity contribution in [1.29, 1.82) is 0 Å². The number of amides is 1. The molecule has 1 aliphatic carbocycles. The quantitative estimate of drug-likeness (QED) is 0.450. The molecule has 1 N–H and O–H groups in total. The lowest BCUT2D eigenvalue weighted by Crippen LogP contribution is -2.19. The van der Waals surface area contributed by atoms with Crippen LogP contribution in [0.3, 0.4) is 0 Å². The molecule has 2 aliphatic rings. The van der Waals surface area contributed by atoms with Crippen molar-refractivity contribution >= 4 is 23.4 Å². The molecule has 0 atom stereocenters. The average Bonchev–Trinajstić information content (AvgIpc) is 3.24. The van der Waals surface area contributed by atoms with E-state index in [-0.39, 0.29) is 35.4 Å². The SMILES string of the molecule is O=C(CSc1nc2c(c(C(F)(F)F)n1)CCc1ccccc1-2)Nc1ccc2c(c1)OCO2. The highest BCUT2D eigenvalue weighted by atomic mass is 32.2. The number of nitrogens with zero attached hydrogens (tertiary/aromatic N) is 2. The zero-order chi connectivity index (χ0) is 22.3. The second-order valence-electron chi connectivity index (χ2n) is 7.24. The van der Waals surface area contributed by atoms with Gasteiger partial charge in [0.25, 0.3) is 0 Å². The van der Waals surface area contributed by atoms with Crippen molar-refractivity contribution < 1.29 is 27.4 Å². The van der Waals surface area contributed by atoms with Crippen LogP contribution in [0.25, 0.3) is 11.3 Å². The minimum Gasteiger partial charge on any atom is -0.454 e. The van der Waals surface area contributed by atoms with Crippen LogP contribution >= 0.6 is 11.8 Å². The minimum atomic E-state index is -4.61. The van der Waals surface area contributed by atoms with Gasteiger partial charge in [0.05, 0.1) is 11.4 Å². The van der Waals surface area contributed by atoms with Crippen LogP contribution in [0.1, 0.15) is 16.8 Å². The Bertz CT molecular complexity index is 1220. The maximum absolute atomic E-state index is 13.7. The number of ether oxygens (including phenoxy) is 2. The van der Waals surface area contributed by atoms with Gasteiger partial charge in [0.15, 0.2) is 22.3 Å². The molecule has 1 aromatic heterocycles. The number of alkyl halides is 3. The molecule has 2 heterocycles. The zero-order valence-electron chi connectivity index (χ0n) is 16.5. The molecule has 0 fully saturated rings. The van der Waals surface area contributed by atoms with Gasteiger partial charge in [-0.3, -0.25) is 4.79 Å². The van der Waals surface area contributed by atoms with E-state index < -0.39 is 17.8 Å². The molecular formula is C22H16F3N3O3S. The molecule has 0 bridgehead atoms. The number of nitrogens with one attached hydrogen (secondary N) is 1. The van der Waals surface area contributed by atoms with Crippen LogP contribution < -0.4 is 14.8 Å². The van der Waals surface area contributed by atoms with Crippen molar-refractivity contribution in [3.05, 3.63) is 59.3 Å². The Morgan fingerprint density at radius 1 is 1.06 bits per heavy atom. The average molecular weight is 459 g/mol. The monoisotopic (exact) mass is 459 g/mol. The predicted molar refractivity (Wildman–Crippen MR) is 112 cm³/mol. The van der Waals surface area contributed by atoms with Crippen LogP contribution in [-0.4, -0.2) is 28.4 Å². The molecule has 0 radical (unpaired) electrons. The first kappa shape index (κ1) is 20.6. The number of rotatable bonds is 4. The number of carbonyl (C=O) groups is 1. The van der Waals surface area contributed by atoms with Crippen molar-refractivity contribution in [2.24, 2.45) is 0 Å². The Hall–Kier alpha value is -3.27. The summed E-state index contributed by atoms with van der Waals surface area (Å²) < 4.78 is 51.7. The summed E-state index contributed by atoms with van der Waals surface area (Å²) in [6.07, 6.45) is -3.89. The Morgan fingerprint density at radius 3 is 2.72 bits per heavy atom. The van der Waals surface area contributed by atoms with E-state index in [1.165, 1.54) is 0 Å². The van der Waals surface area contributed by atoms with E-state index in [0.29, 0.717) is 29.2 Å². The molecule has 32 heavy (non-hydrogen) atoms. The van der Waals surface area contributed by atoms with Gasteiger partial charge >= 0.3 is 6.18 Å². The number of hydrogen-bond acceptors (Lipinski definition) is 6. The highest BCUT2D eigenvalue weighted by molar-refractivity contribution is 7.99. The molecule has 0 saturated heterocycles. The fraction of sp³-hybridized carbons (Fsp3) is 0.227. The van der Waals surface area contributed by atoms with Crippen molar-refractivity contribution in [3.8, 4) is 22.8 Å². The lowest BCUT2D eigenvalue weighted by molar-refractivity contribution is -0.142. The Balaban J connectivity index is 1.38. The van der Waals surface area contributed by atoms with Crippen LogP contribution in [0.15, 0.2) is 47.6 Å². The van der Waals surface area contributed by atoms with Crippen LogP contribution in [-0.2, 0) is 23.8 Å². The number of halogens is 3. The maximum atomic E-state index is 13.7. The Morgan fingerprint density at radius 2 is 1.88 bits per heavy atom. The van der Waals surface area contributed by atoms with Crippen LogP contribution in [0.2, 0.25) is 0 Å².